The summed E-state index contributed by atoms with van der Waals surface area (Å²) >= 11 is 6.89. The van der Waals surface area contributed by atoms with E-state index in [1.807, 2.05) is 10.9 Å². The molecule has 0 fully saturated rings. The number of halogens is 2. The number of rotatable bonds is 5. The van der Waals surface area contributed by atoms with E-state index in [0.717, 1.165) is 34.9 Å². The van der Waals surface area contributed by atoms with Crippen LogP contribution in [0.15, 0.2) is 16.7 Å². The molecule has 0 bridgehead atoms. The van der Waals surface area contributed by atoms with E-state index < -0.39 is 0 Å². The van der Waals surface area contributed by atoms with Gasteiger partial charge in [0.05, 0.1) is 16.4 Å². The van der Waals surface area contributed by atoms with Gasteiger partial charge in [0.1, 0.15) is 0 Å². The van der Waals surface area contributed by atoms with E-state index in [0.29, 0.717) is 0 Å². The Morgan fingerprint density at radius 3 is 3.00 bits per heavy atom. The predicted octanol–water partition coefficient (Wildman–Crippen LogP) is 3.85. The van der Waals surface area contributed by atoms with Gasteiger partial charge in [0.25, 0.3) is 0 Å². The second kappa shape index (κ2) is 6.40. The molecule has 0 aliphatic carbocycles. The summed E-state index contributed by atoms with van der Waals surface area (Å²) in [5.74, 6) is 0. The Morgan fingerprint density at radius 1 is 1.57 bits per heavy atom. The minimum atomic E-state index is 0.972. The van der Waals surface area contributed by atoms with Crippen LogP contribution in [-0.2, 0) is 6.54 Å². The molecule has 78 valence electrons. The van der Waals surface area contributed by atoms with Gasteiger partial charge in [-0.3, -0.25) is 4.68 Å². The van der Waals surface area contributed by atoms with E-state index in [9.17, 15) is 0 Å². The number of aromatic nitrogens is 2. The van der Waals surface area contributed by atoms with Crippen molar-refractivity contribution in [2.45, 2.75) is 26.3 Å². The number of nitrogens with zero attached hydrogens (tertiary/aromatic N) is 2. The molecule has 0 aliphatic heterocycles. The molecule has 1 aromatic rings. The largest absolute Gasteiger partial charge is 0.264 e. The molecule has 0 atom stereocenters. The number of hydrogen-bond donors (Lipinski definition) is 0. The number of allylic oxidation sites excluding steroid dienone is 1. The van der Waals surface area contributed by atoms with Gasteiger partial charge < -0.3 is 0 Å². The van der Waals surface area contributed by atoms with Crippen LogP contribution in [0.2, 0.25) is 0 Å². The van der Waals surface area contributed by atoms with Crippen LogP contribution in [-0.4, -0.2) is 15.1 Å². The van der Waals surface area contributed by atoms with Gasteiger partial charge in [-0.2, -0.15) is 5.10 Å². The Labute approximate surface area is 102 Å². The highest BCUT2D eigenvalue weighted by atomic mass is 79.9. The van der Waals surface area contributed by atoms with Crippen molar-refractivity contribution < 1.29 is 0 Å². The lowest BCUT2D eigenvalue weighted by Crippen LogP contribution is -2.00. The molecule has 0 unspecified atom stereocenters. The molecule has 0 aliphatic rings. The van der Waals surface area contributed by atoms with Gasteiger partial charge in [0.15, 0.2) is 0 Å². The lowest BCUT2D eigenvalue weighted by molar-refractivity contribution is 0.598. The van der Waals surface area contributed by atoms with Crippen molar-refractivity contribution in [3.63, 3.8) is 0 Å². The number of alkyl halides is 1. The summed E-state index contributed by atoms with van der Waals surface area (Å²) in [6.07, 6.45) is 8.28. The van der Waals surface area contributed by atoms with Crippen molar-refractivity contribution in [2.24, 2.45) is 0 Å². The smallest absolute Gasteiger partial charge is 0.0749 e. The average molecular weight is 322 g/mol. The molecule has 4 heteroatoms. The van der Waals surface area contributed by atoms with Crippen LogP contribution in [0.1, 0.15) is 25.5 Å². The Hall–Kier alpha value is -0.0900. The maximum absolute atomic E-state index is 4.29. The molecule has 2 nitrogen and oxygen atoms in total. The molecule has 14 heavy (non-hydrogen) atoms. The minimum absolute atomic E-state index is 0.972. The van der Waals surface area contributed by atoms with E-state index in [1.165, 1.54) is 0 Å². The highest BCUT2D eigenvalue weighted by molar-refractivity contribution is 9.10. The van der Waals surface area contributed by atoms with Gasteiger partial charge >= 0.3 is 0 Å². The van der Waals surface area contributed by atoms with Crippen molar-refractivity contribution in [3.05, 3.63) is 22.4 Å². The standard InChI is InChI=1S/C10H14Br2N2/c1-2-7-14-10(5-3-4-6-11)9(12)8-13-14/h3,5,8H,2,4,6-7H2,1H3/b5-3+. The molecule has 1 heterocycles. The molecule has 0 radical (unpaired) electrons. The van der Waals surface area contributed by atoms with E-state index >= 15 is 0 Å². The van der Waals surface area contributed by atoms with Gasteiger partial charge in [0, 0.05) is 11.9 Å². The highest BCUT2D eigenvalue weighted by Crippen LogP contribution is 2.18. The molecule has 0 N–H and O–H groups in total. The fourth-order valence-corrected chi connectivity index (χ4v) is 1.88. The predicted molar refractivity (Wildman–Crippen MR) is 67.7 cm³/mol. The zero-order valence-corrected chi connectivity index (χ0v) is 11.4. The monoisotopic (exact) mass is 320 g/mol. The first-order valence-corrected chi connectivity index (χ1v) is 6.64. The lowest BCUT2D eigenvalue weighted by Gasteiger charge is -2.01. The SMILES string of the molecule is CCCn1ncc(Br)c1/C=C/CCBr. The fraction of sp³-hybridized carbons (Fsp3) is 0.500. The summed E-state index contributed by atoms with van der Waals surface area (Å²) in [5.41, 5.74) is 1.16. The zero-order valence-electron chi connectivity index (χ0n) is 8.21. The maximum atomic E-state index is 4.29. The van der Waals surface area contributed by atoms with E-state index in [2.05, 4.69) is 56.0 Å². The number of hydrogen-bond acceptors (Lipinski definition) is 1. The number of aryl methyl sites for hydroxylation is 1. The molecular formula is C10H14Br2N2. The first-order chi connectivity index (χ1) is 6.79. The first-order valence-electron chi connectivity index (χ1n) is 4.73. The van der Waals surface area contributed by atoms with Gasteiger partial charge in [-0.1, -0.05) is 28.9 Å². The van der Waals surface area contributed by atoms with Crippen molar-refractivity contribution in [3.8, 4) is 0 Å². The Morgan fingerprint density at radius 2 is 2.36 bits per heavy atom. The van der Waals surface area contributed by atoms with Gasteiger partial charge in [-0.15, -0.1) is 0 Å². The summed E-state index contributed by atoms with van der Waals surface area (Å²) in [4.78, 5) is 0. The van der Waals surface area contributed by atoms with E-state index in [-0.39, 0.29) is 0 Å². The third-order valence-electron chi connectivity index (χ3n) is 1.82. The summed E-state index contributed by atoms with van der Waals surface area (Å²) < 4.78 is 3.09. The quantitative estimate of drug-likeness (QED) is 0.753. The van der Waals surface area contributed by atoms with Crippen LogP contribution in [0.4, 0.5) is 0 Å². The Kier molecular flexibility index (Phi) is 5.48. The second-order valence-electron chi connectivity index (χ2n) is 2.98. The highest BCUT2D eigenvalue weighted by Gasteiger charge is 2.03. The second-order valence-corrected chi connectivity index (χ2v) is 4.63. The summed E-state index contributed by atoms with van der Waals surface area (Å²) in [6.45, 7) is 3.13. The Balaban J connectivity index is 2.76. The van der Waals surface area contributed by atoms with Crippen molar-refractivity contribution in [1.29, 1.82) is 0 Å². The normalized spacial score (nSPS) is 11.4. The molecule has 0 amide bonds. The third-order valence-corrected chi connectivity index (χ3v) is 2.89. The molecule has 0 saturated carbocycles. The van der Waals surface area contributed by atoms with E-state index in [1.54, 1.807) is 0 Å². The summed E-state index contributed by atoms with van der Waals surface area (Å²) in [5, 5.41) is 5.29. The summed E-state index contributed by atoms with van der Waals surface area (Å²) in [6, 6.07) is 0. The maximum Gasteiger partial charge on any atom is 0.0749 e. The van der Waals surface area contributed by atoms with Crippen LogP contribution in [0.5, 0.6) is 0 Å². The molecule has 0 spiro atoms. The van der Waals surface area contributed by atoms with Crippen LogP contribution in [0, 0.1) is 0 Å². The van der Waals surface area contributed by atoms with Gasteiger partial charge in [-0.05, 0) is 34.8 Å². The van der Waals surface area contributed by atoms with Crippen molar-refractivity contribution >= 4 is 37.9 Å². The molecule has 1 rings (SSSR count). The van der Waals surface area contributed by atoms with E-state index in [4.69, 9.17) is 0 Å². The summed E-state index contributed by atoms with van der Waals surface area (Å²) in [7, 11) is 0. The third kappa shape index (κ3) is 3.24. The topological polar surface area (TPSA) is 17.8 Å². The van der Waals surface area contributed by atoms with Crippen LogP contribution in [0.25, 0.3) is 6.08 Å². The fourth-order valence-electron chi connectivity index (χ4n) is 1.19. The molecule has 0 saturated heterocycles. The zero-order chi connectivity index (χ0) is 10.4. The lowest BCUT2D eigenvalue weighted by atomic mass is 10.3. The Bertz CT molecular complexity index is 305. The molecular weight excluding hydrogens is 308 g/mol. The molecule has 1 aromatic heterocycles. The van der Waals surface area contributed by atoms with Crippen LogP contribution in [0.3, 0.4) is 0 Å². The average Bonchev–Trinajstić information content (AvgIpc) is 2.50. The minimum Gasteiger partial charge on any atom is -0.264 e. The van der Waals surface area contributed by atoms with Gasteiger partial charge in [0.2, 0.25) is 0 Å². The van der Waals surface area contributed by atoms with Gasteiger partial charge in [-0.25, -0.2) is 0 Å². The van der Waals surface area contributed by atoms with Crippen molar-refractivity contribution in [2.75, 3.05) is 5.33 Å². The van der Waals surface area contributed by atoms with Crippen LogP contribution >= 0.6 is 31.9 Å². The van der Waals surface area contributed by atoms with Crippen molar-refractivity contribution in [1.82, 2.24) is 9.78 Å². The van der Waals surface area contributed by atoms with Crippen LogP contribution < -0.4 is 0 Å². The first kappa shape index (κ1) is 12.0. The molecule has 0 aromatic carbocycles.